The number of anilines is 3. The maximum absolute atomic E-state index is 5.47. The minimum atomic E-state index is 0.361. The molecular weight excluding hydrogens is 306 g/mol. The van der Waals surface area contributed by atoms with Crippen LogP contribution >= 0.6 is 0 Å². The van der Waals surface area contributed by atoms with Gasteiger partial charge in [0.25, 0.3) is 11.9 Å². The predicted octanol–water partition coefficient (Wildman–Crippen LogP) is 1.93. The first-order valence-corrected chi connectivity index (χ1v) is 7.98. The van der Waals surface area contributed by atoms with Crippen molar-refractivity contribution in [3.63, 3.8) is 0 Å². The summed E-state index contributed by atoms with van der Waals surface area (Å²) in [7, 11) is 5.37. The zero-order valence-corrected chi connectivity index (χ0v) is 14.9. The molecule has 2 aromatic rings. The lowest BCUT2D eigenvalue weighted by molar-refractivity contribution is 0.289. The van der Waals surface area contributed by atoms with E-state index in [2.05, 4.69) is 44.5 Å². The van der Waals surface area contributed by atoms with Crippen LogP contribution in [0.3, 0.4) is 0 Å². The van der Waals surface area contributed by atoms with Crippen LogP contribution in [0.2, 0.25) is 0 Å². The number of ether oxygens (including phenoxy) is 1. The van der Waals surface area contributed by atoms with Crippen LogP contribution in [-0.4, -0.2) is 59.6 Å². The van der Waals surface area contributed by atoms with Gasteiger partial charge in [-0.1, -0.05) is 13.8 Å². The fraction of sp³-hybridized carbons (Fsp3) is 0.500. The molecule has 0 radical (unpaired) electrons. The first kappa shape index (κ1) is 17.9. The minimum Gasteiger partial charge on any atom is -0.496 e. The minimum absolute atomic E-state index is 0.361. The average Bonchev–Trinajstić information content (AvgIpc) is 2.60. The van der Waals surface area contributed by atoms with Crippen LogP contribution in [0, 0.1) is 0 Å². The van der Waals surface area contributed by atoms with Gasteiger partial charge >= 0.3 is 0 Å². The number of benzene rings is 1. The molecule has 0 unspecified atom stereocenters. The second-order valence-corrected chi connectivity index (χ2v) is 5.53. The van der Waals surface area contributed by atoms with E-state index in [1.165, 1.54) is 0 Å². The van der Waals surface area contributed by atoms with Gasteiger partial charge in [-0.3, -0.25) is 4.90 Å². The van der Waals surface area contributed by atoms with Crippen LogP contribution in [0.15, 0.2) is 18.2 Å². The molecule has 1 N–H and O–H groups in total. The van der Waals surface area contributed by atoms with E-state index in [0.29, 0.717) is 11.9 Å². The highest BCUT2D eigenvalue weighted by Gasteiger charge is 2.10. The van der Waals surface area contributed by atoms with Crippen molar-refractivity contribution in [2.24, 2.45) is 0 Å². The van der Waals surface area contributed by atoms with Gasteiger partial charge in [-0.25, -0.2) is 0 Å². The third-order valence-corrected chi connectivity index (χ3v) is 3.69. The molecule has 0 aliphatic rings. The summed E-state index contributed by atoms with van der Waals surface area (Å²) in [6.07, 6.45) is 0. The van der Waals surface area contributed by atoms with Crippen molar-refractivity contribution < 1.29 is 4.74 Å². The van der Waals surface area contributed by atoms with Gasteiger partial charge in [0.1, 0.15) is 5.75 Å². The molecule has 0 aliphatic heterocycles. The van der Waals surface area contributed by atoms with Gasteiger partial charge < -0.3 is 15.0 Å². The number of nitrogens with one attached hydrogen (secondary N) is 1. The fourth-order valence-corrected chi connectivity index (χ4v) is 2.25. The van der Waals surface area contributed by atoms with Crippen LogP contribution in [0.4, 0.5) is 17.6 Å². The van der Waals surface area contributed by atoms with E-state index in [-0.39, 0.29) is 0 Å². The molecule has 0 saturated carbocycles. The molecule has 8 nitrogen and oxygen atoms in total. The highest BCUT2D eigenvalue weighted by atomic mass is 16.5. The van der Waals surface area contributed by atoms with Crippen molar-refractivity contribution in [1.82, 2.24) is 25.3 Å². The van der Waals surface area contributed by atoms with Gasteiger partial charge in [-0.15, -0.1) is 20.4 Å². The highest BCUT2D eigenvalue weighted by molar-refractivity contribution is 5.57. The number of hydrogen-bond donors (Lipinski definition) is 1. The molecule has 24 heavy (non-hydrogen) atoms. The molecular formula is C16H25N7O. The SMILES string of the molecule is CCN(CC)Cc1cc(Nc2nnc(N(C)C)nn2)ccc1OC. The van der Waals surface area contributed by atoms with E-state index in [9.17, 15) is 0 Å². The Bertz CT molecular complexity index is 641. The molecule has 0 amide bonds. The topological polar surface area (TPSA) is 79.3 Å². The van der Waals surface area contributed by atoms with Gasteiger partial charge in [-0.05, 0) is 31.3 Å². The zero-order valence-electron chi connectivity index (χ0n) is 14.9. The van der Waals surface area contributed by atoms with Gasteiger partial charge in [-0.2, -0.15) is 0 Å². The molecule has 130 valence electrons. The van der Waals surface area contributed by atoms with Gasteiger partial charge in [0.15, 0.2) is 0 Å². The van der Waals surface area contributed by atoms with E-state index in [0.717, 1.165) is 36.6 Å². The number of nitrogens with zero attached hydrogens (tertiary/aromatic N) is 6. The standard InChI is InChI=1S/C16H25N7O/c1-6-23(7-2)11-12-10-13(8-9-14(12)24-5)17-15-18-20-16(21-19-15)22(3)4/h8-10H,6-7,11H2,1-5H3,(H,17,18,19). The summed E-state index contributed by atoms with van der Waals surface area (Å²) in [4.78, 5) is 4.08. The summed E-state index contributed by atoms with van der Waals surface area (Å²) < 4.78 is 5.47. The van der Waals surface area contributed by atoms with E-state index >= 15 is 0 Å². The van der Waals surface area contributed by atoms with E-state index < -0.39 is 0 Å². The van der Waals surface area contributed by atoms with E-state index in [4.69, 9.17) is 4.74 Å². The molecule has 1 heterocycles. The summed E-state index contributed by atoms with van der Waals surface area (Å²) in [6, 6.07) is 5.91. The monoisotopic (exact) mass is 331 g/mol. The number of methoxy groups -OCH3 is 1. The molecule has 1 aromatic heterocycles. The molecule has 0 aliphatic carbocycles. The van der Waals surface area contributed by atoms with Gasteiger partial charge in [0.2, 0.25) is 0 Å². The van der Waals surface area contributed by atoms with Crippen molar-refractivity contribution in [3.05, 3.63) is 23.8 Å². The molecule has 1 aromatic carbocycles. The third kappa shape index (κ3) is 4.51. The molecule has 0 bridgehead atoms. The Morgan fingerprint density at radius 2 is 1.71 bits per heavy atom. The van der Waals surface area contributed by atoms with Gasteiger partial charge in [0.05, 0.1) is 7.11 Å². The summed E-state index contributed by atoms with van der Waals surface area (Å²) in [5.74, 6) is 1.70. The Labute approximate surface area is 142 Å². The van der Waals surface area contributed by atoms with Crippen LogP contribution in [0.1, 0.15) is 19.4 Å². The maximum atomic E-state index is 5.47. The smallest absolute Gasteiger partial charge is 0.266 e. The normalized spacial score (nSPS) is 10.8. The molecule has 0 spiro atoms. The second kappa shape index (κ2) is 8.39. The number of aromatic nitrogens is 4. The predicted molar refractivity (Wildman–Crippen MR) is 94.9 cm³/mol. The van der Waals surface area contributed by atoms with Crippen molar-refractivity contribution in [2.75, 3.05) is 44.5 Å². The van der Waals surface area contributed by atoms with Crippen molar-refractivity contribution in [2.45, 2.75) is 20.4 Å². The Balaban J connectivity index is 2.18. The van der Waals surface area contributed by atoms with Crippen molar-refractivity contribution >= 4 is 17.6 Å². The van der Waals surface area contributed by atoms with E-state index in [1.54, 1.807) is 12.0 Å². The Morgan fingerprint density at radius 1 is 1.04 bits per heavy atom. The Kier molecular flexibility index (Phi) is 6.25. The van der Waals surface area contributed by atoms with Crippen LogP contribution in [0.5, 0.6) is 5.75 Å². The van der Waals surface area contributed by atoms with Gasteiger partial charge in [0, 0.05) is 31.9 Å². The van der Waals surface area contributed by atoms with Crippen LogP contribution in [0.25, 0.3) is 0 Å². The van der Waals surface area contributed by atoms with Crippen LogP contribution in [-0.2, 0) is 6.54 Å². The fourth-order valence-electron chi connectivity index (χ4n) is 2.25. The lowest BCUT2D eigenvalue weighted by Crippen LogP contribution is -2.22. The molecule has 8 heteroatoms. The molecule has 0 atom stereocenters. The second-order valence-electron chi connectivity index (χ2n) is 5.53. The average molecular weight is 331 g/mol. The number of hydrogen-bond acceptors (Lipinski definition) is 8. The van der Waals surface area contributed by atoms with Crippen LogP contribution < -0.4 is 15.0 Å². The van der Waals surface area contributed by atoms with E-state index in [1.807, 2.05) is 32.3 Å². The van der Waals surface area contributed by atoms with Crippen molar-refractivity contribution in [3.8, 4) is 5.75 Å². The lowest BCUT2D eigenvalue weighted by Gasteiger charge is -2.20. The lowest BCUT2D eigenvalue weighted by atomic mass is 10.1. The summed E-state index contributed by atoms with van der Waals surface area (Å²) in [6.45, 7) is 7.09. The zero-order chi connectivity index (χ0) is 17.5. The van der Waals surface area contributed by atoms with Crippen molar-refractivity contribution in [1.29, 1.82) is 0 Å². The molecule has 0 saturated heterocycles. The first-order valence-electron chi connectivity index (χ1n) is 7.98. The third-order valence-electron chi connectivity index (χ3n) is 3.69. The quantitative estimate of drug-likeness (QED) is 0.786. The molecule has 0 fully saturated rings. The summed E-state index contributed by atoms with van der Waals surface area (Å²) in [5.41, 5.74) is 1.98. The first-order chi connectivity index (χ1) is 11.6. The maximum Gasteiger partial charge on any atom is 0.266 e. The summed E-state index contributed by atoms with van der Waals surface area (Å²) >= 11 is 0. The summed E-state index contributed by atoms with van der Waals surface area (Å²) in [5, 5.41) is 19.2. The Morgan fingerprint density at radius 3 is 2.25 bits per heavy atom. The Hall–Kier alpha value is -2.48. The highest BCUT2D eigenvalue weighted by Crippen LogP contribution is 2.25. The number of rotatable bonds is 8. The largest absolute Gasteiger partial charge is 0.496 e. The molecule has 2 rings (SSSR count).